The second-order valence-corrected chi connectivity index (χ2v) is 16.3. The monoisotopic (exact) mass is 450 g/mol. The summed E-state index contributed by atoms with van der Waals surface area (Å²) < 4.78 is 18.4. The van der Waals surface area contributed by atoms with Gasteiger partial charge < -0.3 is 24.1 Å². The van der Waals surface area contributed by atoms with Gasteiger partial charge in [0.05, 0.1) is 25.9 Å². The van der Waals surface area contributed by atoms with Gasteiger partial charge in [0.2, 0.25) is 0 Å². The van der Waals surface area contributed by atoms with Crippen molar-refractivity contribution in [2.75, 3.05) is 26.4 Å². The zero-order chi connectivity index (χ0) is 22.4. The van der Waals surface area contributed by atoms with Crippen molar-refractivity contribution < 1.29 is 24.1 Å². The normalized spacial score (nSPS) is 33.7. The van der Waals surface area contributed by atoms with E-state index >= 15 is 0 Å². The molecule has 0 aromatic rings. The molecule has 1 aliphatic heterocycles. The number of fused-ring (bicyclic) bond motifs is 1. The molecule has 176 valence electrons. The molecule has 0 aromatic carbocycles. The molecule has 1 heterocycles. The van der Waals surface area contributed by atoms with Crippen LogP contribution in [-0.4, -0.2) is 56.8 Å². The Labute approximate surface area is 189 Å². The fraction of sp³-hybridized carbons (Fsp3) is 0.840. The molecule has 3 aliphatic carbocycles. The molecule has 1 spiro atoms. The van der Waals surface area contributed by atoms with Gasteiger partial charge in [0.1, 0.15) is 0 Å². The molecule has 2 N–H and O–H groups in total. The van der Waals surface area contributed by atoms with Crippen molar-refractivity contribution >= 4 is 8.32 Å². The maximum Gasteiger partial charge on any atom is 0.191 e. The summed E-state index contributed by atoms with van der Waals surface area (Å²) in [7, 11) is -1.86. The van der Waals surface area contributed by atoms with Crippen molar-refractivity contribution in [1.29, 1.82) is 0 Å². The van der Waals surface area contributed by atoms with E-state index in [2.05, 4.69) is 39.9 Å². The van der Waals surface area contributed by atoms with Crippen LogP contribution in [0.25, 0.3) is 0 Å². The van der Waals surface area contributed by atoms with Gasteiger partial charge in [0.25, 0.3) is 0 Å². The van der Waals surface area contributed by atoms with Crippen LogP contribution in [-0.2, 0) is 13.9 Å². The van der Waals surface area contributed by atoms with Crippen LogP contribution in [0.15, 0.2) is 22.8 Å². The molecule has 5 nitrogen and oxygen atoms in total. The Balaban J connectivity index is 1.54. The second-order valence-electron chi connectivity index (χ2n) is 11.5. The van der Waals surface area contributed by atoms with Crippen molar-refractivity contribution in [1.82, 2.24) is 0 Å². The lowest BCUT2D eigenvalue weighted by molar-refractivity contribution is -0.123. The Morgan fingerprint density at radius 3 is 2.48 bits per heavy atom. The first-order valence-electron chi connectivity index (χ1n) is 12.2. The maximum atomic E-state index is 10.8. The van der Waals surface area contributed by atoms with Gasteiger partial charge in [-0.1, -0.05) is 20.8 Å². The Kier molecular flexibility index (Phi) is 6.63. The minimum Gasteiger partial charge on any atom is -0.416 e. The minimum absolute atomic E-state index is 0.106. The molecule has 4 aliphatic rings. The van der Waals surface area contributed by atoms with Gasteiger partial charge in [-0.3, -0.25) is 0 Å². The highest BCUT2D eigenvalue weighted by Crippen LogP contribution is 2.50. The molecule has 1 saturated heterocycles. The van der Waals surface area contributed by atoms with Gasteiger partial charge in [-0.25, -0.2) is 0 Å². The number of allylic oxidation sites excluding steroid dienone is 2. The number of hydrogen-bond donors (Lipinski definition) is 2. The molecule has 0 aromatic heterocycles. The first-order valence-corrected chi connectivity index (χ1v) is 15.1. The van der Waals surface area contributed by atoms with Gasteiger partial charge >= 0.3 is 0 Å². The van der Waals surface area contributed by atoms with Crippen molar-refractivity contribution in [2.24, 2.45) is 17.8 Å². The van der Waals surface area contributed by atoms with Gasteiger partial charge in [-0.05, 0) is 84.9 Å². The van der Waals surface area contributed by atoms with E-state index in [0.29, 0.717) is 31.7 Å². The number of hydrogen-bond acceptors (Lipinski definition) is 5. The minimum atomic E-state index is -1.86. The fourth-order valence-electron chi connectivity index (χ4n) is 5.90. The van der Waals surface area contributed by atoms with E-state index in [9.17, 15) is 10.2 Å². The molecule has 4 rings (SSSR count). The molecule has 1 saturated carbocycles. The first kappa shape index (κ1) is 23.6. The topological polar surface area (TPSA) is 68.2 Å². The van der Waals surface area contributed by atoms with Gasteiger partial charge in [-0.15, -0.1) is 0 Å². The van der Waals surface area contributed by atoms with Crippen molar-refractivity contribution in [3.05, 3.63) is 22.8 Å². The lowest BCUT2D eigenvalue weighted by Gasteiger charge is -2.41. The SMILES string of the molecule is CC(C)(C)[Si](C)(C)OCC1C(C2CCC3=CC4(CCC3=C2CO)OCCO4)CC[C@@H]1O. The quantitative estimate of drug-likeness (QED) is 0.601. The third kappa shape index (κ3) is 4.49. The third-order valence-electron chi connectivity index (χ3n) is 8.81. The molecule has 0 radical (unpaired) electrons. The third-order valence-corrected chi connectivity index (χ3v) is 13.3. The van der Waals surface area contributed by atoms with Crippen LogP contribution >= 0.6 is 0 Å². The van der Waals surface area contributed by atoms with Crippen LogP contribution in [0.4, 0.5) is 0 Å². The molecular weight excluding hydrogens is 408 g/mol. The van der Waals surface area contributed by atoms with Gasteiger partial charge in [0, 0.05) is 18.9 Å². The molecule has 0 bridgehead atoms. The summed E-state index contributed by atoms with van der Waals surface area (Å²) in [6.07, 6.45) is 7.50. The maximum absolute atomic E-state index is 10.8. The average molecular weight is 451 g/mol. The molecule has 2 fully saturated rings. The van der Waals surface area contributed by atoms with Crippen LogP contribution in [0.2, 0.25) is 18.1 Å². The predicted octanol–water partition coefficient (Wildman–Crippen LogP) is 4.56. The number of aliphatic hydroxyl groups excluding tert-OH is 2. The first-order chi connectivity index (χ1) is 14.6. The van der Waals surface area contributed by atoms with Gasteiger partial charge in [0.15, 0.2) is 14.1 Å². The number of ether oxygens (including phenoxy) is 2. The summed E-state index contributed by atoms with van der Waals surface area (Å²) in [6, 6.07) is 0. The lowest BCUT2D eigenvalue weighted by Crippen LogP contribution is -2.44. The Bertz CT molecular complexity index is 729. The summed E-state index contributed by atoms with van der Waals surface area (Å²) in [6.45, 7) is 13.4. The highest BCUT2D eigenvalue weighted by molar-refractivity contribution is 6.74. The summed E-state index contributed by atoms with van der Waals surface area (Å²) in [4.78, 5) is 0. The van der Waals surface area contributed by atoms with E-state index in [4.69, 9.17) is 13.9 Å². The zero-order valence-electron chi connectivity index (χ0n) is 20.1. The Morgan fingerprint density at radius 2 is 1.84 bits per heavy atom. The van der Waals surface area contributed by atoms with Crippen LogP contribution in [0.3, 0.4) is 0 Å². The summed E-state index contributed by atoms with van der Waals surface area (Å²) in [5, 5.41) is 21.4. The van der Waals surface area contributed by atoms with E-state index in [1.54, 1.807) is 0 Å². The highest BCUT2D eigenvalue weighted by Gasteiger charge is 2.46. The molecule has 0 amide bonds. The van der Waals surface area contributed by atoms with E-state index in [1.807, 2.05) is 0 Å². The van der Waals surface area contributed by atoms with E-state index < -0.39 is 14.1 Å². The Hall–Kier alpha value is -0.503. The van der Waals surface area contributed by atoms with E-state index in [-0.39, 0.29) is 23.7 Å². The summed E-state index contributed by atoms with van der Waals surface area (Å²) in [5.41, 5.74) is 3.83. The van der Waals surface area contributed by atoms with Crippen LogP contribution in [0.1, 0.15) is 59.3 Å². The van der Waals surface area contributed by atoms with Crippen LogP contribution < -0.4 is 0 Å². The molecule has 3 unspecified atom stereocenters. The van der Waals surface area contributed by atoms with Crippen LogP contribution in [0, 0.1) is 17.8 Å². The smallest absolute Gasteiger partial charge is 0.191 e. The van der Waals surface area contributed by atoms with E-state index in [0.717, 1.165) is 38.5 Å². The number of rotatable bonds is 5. The molecule has 31 heavy (non-hydrogen) atoms. The average Bonchev–Trinajstić information content (AvgIpc) is 3.31. The zero-order valence-corrected chi connectivity index (χ0v) is 21.1. The fourth-order valence-corrected chi connectivity index (χ4v) is 6.94. The number of aliphatic hydroxyl groups is 2. The summed E-state index contributed by atoms with van der Waals surface area (Å²) in [5.74, 6) is 0.339. The highest BCUT2D eigenvalue weighted by atomic mass is 28.4. The predicted molar refractivity (Wildman–Crippen MR) is 124 cm³/mol. The standard InChI is InChI=1S/C25H42O5Si/c1-24(2,3)31(4,5)30-16-22-20(8-9-23(22)27)19-7-6-17-14-25(28-12-13-29-25)11-10-18(17)21(19)15-26/h14,19-20,22-23,26-27H,6-13,15-16H2,1-5H3/t19?,20?,22?,23-/m0/s1. The van der Waals surface area contributed by atoms with Crippen LogP contribution in [0.5, 0.6) is 0 Å². The molecule has 4 atom stereocenters. The molecular formula is C25H42O5Si. The Morgan fingerprint density at radius 1 is 1.13 bits per heavy atom. The molecule has 6 heteroatoms. The van der Waals surface area contributed by atoms with Gasteiger partial charge in [-0.2, -0.15) is 0 Å². The van der Waals surface area contributed by atoms with Crippen molar-refractivity contribution in [3.63, 3.8) is 0 Å². The summed E-state index contributed by atoms with van der Waals surface area (Å²) >= 11 is 0. The largest absolute Gasteiger partial charge is 0.416 e. The van der Waals surface area contributed by atoms with E-state index in [1.165, 1.54) is 16.7 Å². The van der Waals surface area contributed by atoms with Crippen molar-refractivity contribution in [3.8, 4) is 0 Å². The second kappa shape index (κ2) is 8.69. The lowest BCUT2D eigenvalue weighted by atomic mass is 9.68. The van der Waals surface area contributed by atoms with Crippen molar-refractivity contribution in [2.45, 2.75) is 89.3 Å².